The highest BCUT2D eigenvalue weighted by atomic mass is 35.5. The van der Waals surface area contributed by atoms with Gasteiger partial charge in [-0.05, 0) is 19.1 Å². The smallest absolute Gasteiger partial charge is 0.411 e. The second-order valence-corrected chi connectivity index (χ2v) is 6.17. The fourth-order valence-electron chi connectivity index (χ4n) is 2.94. The largest absolute Gasteiger partial charge is 0.465 e. The highest BCUT2D eigenvalue weighted by Crippen LogP contribution is 2.40. The highest BCUT2D eigenvalue weighted by Gasteiger charge is 2.28. The molecule has 3 rings (SSSR count). The van der Waals surface area contributed by atoms with Crippen LogP contribution in [-0.2, 0) is 6.54 Å². The maximum Gasteiger partial charge on any atom is 0.411 e. The van der Waals surface area contributed by atoms with Crippen LogP contribution in [0.1, 0.15) is 17.4 Å². The first-order valence-corrected chi connectivity index (χ1v) is 7.89. The number of rotatable bonds is 2. The Bertz CT molecular complexity index is 831. The maximum atomic E-state index is 12.4. The third-order valence-electron chi connectivity index (χ3n) is 4.12. The van der Waals surface area contributed by atoms with Gasteiger partial charge in [-0.25, -0.2) is 4.79 Å². The molecule has 6 nitrogen and oxygen atoms in total. The molecular formula is C15H15Cl2N3O3. The van der Waals surface area contributed by atoms with Crippen LogP contribution in [0.15, 0.2) is 12.1 Å². The number of benzene rings is 1. The number of hydrogen-bond acceptors (Lipinski definition) is 2. The first kappa shape index (κ1) is 16.0. The number of likely N-dealkylation sites (N-methyl/N-ethyl adjacent to an activating group) is 1. The normalized spacial score (nSPS) is 14.3. The summed E-state index contributed by atoms with van der Waals surface area (Å²) in [5.41, 5.74) is 1.52. The predicted octanol–water partition coefficient (Wildman–Crippen LogP) is 3.54. The minimum atomic E-state index is -1.08. The van der Waals surface area contributed by atoms with Crippen LogP contribution in [0.3, 0.4) is 0 Å². The Morgan fingerprint density at radius 2 is 2.04 bits per heavy atom. The van der Waals surface area contributed by atoms with E-state index in [1.165, 1.54) is 11.0 Å². The zero-order valence-electron chi connectivity index (χ0n) is 12.6. The van der Waals surface area contributed by atoms with Crippen molar-refractivity contribution < 1.29 is 14.7 Å². The first-order valence-electron chi connectivity index (χ1n) is 7.14. The van der Waals surface area contributed by atoms with Crippen molar-refractivity contribution in [1.29, 1.82) is 0 Å². The van der Waals surface area contributed by atoms with E-state index in [0.29, 0.717) is 40.4 Å². The minimum Gasteiger partial charge on any atom is -0.465 e. The van der Waals surface area contributed by atoms with Crippen LogP contribution in [0.4, 0.5) is 10.5 Å². The highest BCUT2D eigenvalue weighted by molar-refractivity contribution is 6.46. The molecule has 0 atom stereocenters. The fraction of sp³-hybridized carbons (Fsp3) is 0.333. The minimum absolute atomic E-state index is 0.121. The van der Waals surface area contributed by atoms with Crippen LogP contribution in [0.2, 0.25) is 10.0 Å². The van der Waals surface area contributed by atoms with Crippen LogP contribution in [0.25, 0.3) is 10.9 Å². The monoisotopic (exact) mass is 355 g/mol. The Hall–Kier alpha value is -1.92. The summed E-state index contributed by atoms with van der Waals surface area (Å²) in [7, 11) is 1.73. The van der Waals surface area contributed by atoms with Crippen molar-refractivity contribution in [3.63, 3.8) is 0 Å². The van der Waals surface area contributed by atoms with E-state index >= 15 is 0 Å². The number of hydrogen-bond donors (Lipinski definition) is 1. The third-order valence-corrected chi connectivity index (χ3v) is 4.89. The van der Waals surface area contributed by atoms with Crippen molar-refractivity contribution in [2.45, 2.75) is 13.5 Å². The molecule has 0 fully saturated rings. The van der Waals surface area contributed by atoms with Crippen molar-refractivity contribution >= 4 is 51.8 Å². The number of amides is 2. The Labute approximate surface area is 142 Å². The molecule has 1 aromatic carbocycles. The van der Waals surface area contributed by atoms with Crippen molar-refractivity contribution in [2.75, 3.05) is 25.0 Å². The molecule has 0 spiro atoms. The van der Waals surface area contributed by atoms with Gasteiger partial charge in [0.25, 0.3) is 5.91 Å². The fourth-order valence-corrected chi connectivity index (χ4v) is 3.39. The summed E-state index contributed by atoms with van der Waals surface area (Å²) in [4.78, 5) is 26.7. The molecule has 2 heterocycles. The van der Waals surface area contributed by atoms with Gasteiger partial charge in [0.2, 0.25) is 0 Å². The van der Waals surface area contributed by atoms with Gasteiger partial charge >= 0.3 is 6.09 Å². The van der Waals surface area contributed by atoms with E-state index in [4.69, 9.17) is 23.2 Å². The number of aromatic nitrogens is 1. The second-order valence-electron chi connectivity index (χ2n) is 5.39. The molecule has 0 saturated carbocycles. The standard InChI is InChI=1S/C15H15Cl2N3O3/c1-3-19(15(22)23)10-7-9(16)12(17)13-8(10)6-11-14(21)18(2)4-5-20(11)13/h6-7H,3-5H2,1-2H3,(H,22,23). The lowest BCUT2D eigenvalue weighted by Crippen LogP contribution is -2.36. The van der Waals surface area contributed by atoms with Gasteiger partial charge in [-0.3, -0.25) is 9.69 Å². The summed E-state index contributed by atoms with van der Waals surface area (Å²) < 4.78 is 1.81. The second kappa shape index (κ2) is 5.62. The molecule has 0 saturated heterocycles. The lowest BCUT2D eigenvalue weighted by Gasteiger charge is -2.25. The van der Waals surface area contributed by atoms with Gasteiger partial charge in [0.1, 0.15) is 5.69 Å². The van der Waals surface area contributed by atoms with Gasteiger partial charge in [-0.2, -0.15) is 0 Å². The quantitative estimate of drug-likeness (QED) is 0.895. The van der Waals surface area contributed by atoms with E-state index in [2.05, 4.69) is 0 Å². The summed E-state index contributed by atoms with van der Waals surface area (Å²) in [6.45, 7) is 3.14. The van der Waals surface area contributed by atoms with Crippen LogP contribution in [0, 0.1) is 0 Å². The summed E-state index contributed by atoms with van der Waals surface area (Å²) >= 11 is 12.5. The Kier molecular flexibility index (Phi) is 3.90. The van der Waals surface area contributed by atoms with Crippen LogP contribution in [-0.4, -0.2) is 46.7 Å². The topological polar surface area (TPSA) is 65.8 Å². The average Bonchev–Trinajstić information content (AvgIpc) is 2.89. The number of fused-ring (bicyclic) bond motifs is 3. The number of anilines is 1. The average molecular weight is 356 g/mol. The van der Waals surface area contributed by atoms with Gasteiger partial charge in [0, 0.05) is 32.1 Å². The molecule has 1 aliphatic heterocycles. The van der Waals surface area contributed by atoms with Crippen molar-refractivity contribution in [1.82, 2.24) is 9.47 Å². The van der Waals surface area contributed by atoms with Crippen LogP contribution < -0.4 is 4.90 Å². The number of carboxylic acid groups (broad SMARTS) is 1. The van der Waals surface area contributed by atoms with E-state index in [1.807, 2.05) is 4.57 Å². The van der Waals surface area contributed by atoms with E-state index < -0.39 is 6.09 Å². The molecule has 1 aliphatic rings. The van der Waals surface area contributed by atoms with Gasteiger partial charge < -0.3 is 14.6 Å². The van der Waals surface area contributed by atoms with Crippen LogP contribution in [0.5, 0.6) is 0 Å². The Balaban J connectivity index is 2.36. The lowest BCUT2D eigenvalue weighted by molar-refractivity contribution is 0.0751. The Morgan fingerprint density at radius 1 is 1.35 bits per heavy atom. The lowest BCUT2D eigenvalue weighted by atomic mass is 10.2. The third kappa shape index (κ3) is 2.33. The van der Waals surface area contributed by atoms with Gasteiger partial charge in [0.15, 0.2) is 0 Å². The van der Waals surface area contributed by atoms with E-state index in [0.717, 1.165) is 0 Å². The molecule has 2 amide bonds. The zero-order chi connectivity index (χ0) is 16.9. The van der Waals surface area contributed by atoms with Crippen LogP contribution >= 0.6 is 23.2 Å². The molecule has 8 heteroatoms. The number of carbonyl (C=O) groups is 2. The van der Waals surface area contributed by atoms with Crippen molar-refractivity contribution in [3.05, 3.63) is 27.9 Å². The first-order chi connectivity index (χ1) is 10.9. The molecule has 0 radical (unpaired) electrons. The number of nitrogens with zero attached hydrogens (tertiary/aromatic N) is 3. The molecule has 23 heavy (non-hydrogen) atoms. The van der Waals surface area contributed by atoms with Crippen molar-refractivity contribution in [3.8, 4) is 0 Å². The summed E-state index contributed by atoms with van der Waals surface area (Å²) in [6, 6.07) is 3.22. The predicted molar refractivity (Wildman–Crippen MR) is 90.0 cm³/mol. The van der Waals surface area contributed by atoms with Gasteiger partial charge in [0.05, 0.1) is 21.2 Å². The van der Waals surface area contributed by atoms with Gasteiger partial charge in [-0.1, -0.05) is 23.2 Å². The SMILES string of the molecule is CCN(C(=O)O)c1cc(Cl)c(Cl)c2c1cc1n2CCN(C)C1=O. The molecule has 2 aromatic rings. The molecule has 122 valence electrons. The molecule has 0 bridgehead atoms. The molecule has 0 aliphatic carbocycles. The summed E-state index contributed by atoms with van der Waals surface area (Å²) in [5.74, 6) is -0.121. The summed E-state index contributed by atoms with van der Waals surface area (Å²) in [6.07, 6.45) is -1.08. The zero-order valence-corrected chi connectivity index (χ0v) is 14.1. The number of halogens is 2. The van der Waals surface area contributed by atoms with E-state index in [9.17, 15) is 14.7 Å². The molecule has 1 aromatic heterocycles. The van der Waals surface area contributed by atoms with Crippen molar-refractivity contribution in [2.24, 2.45) is 0 Å². The van der Waals surface area contributed by atoms with Gasteiger partial charge in [-0.15, -0.1) is 0 Å². The van der Waals surface area contributed by atoms with E-state index in [-0.39, 0.29) is 17.5 Å². The van der Waals surface area contributed by atoms with E-state index in [1.54, 1.807) is 24.9 Å². The number of carbonyl (C=O) groups excluding carboxylic acids is 1. The summed E-state index contributed by atoms with van der Waals surface area (Å²) in [5, 5.41) is 10.6. The Morgan fingerprint density at radius 3 is 2.65 bits per heavy atom. The molecular weight excluding hydrogens is 341 g/mol. The maximum absolute atomic E-state index is 12.4. The molecule has 1 N–H and O–H groups in total. The molecule has 0 unspecified atom stereocenters.